The Morgan fingerprint density at radius 1 is 0.308 bits per heavy atom. The van der Waals surface area contributed by atoms with Gasteiger partial charge in [-0.05, 0) is 25.2 Å². The van der Waals surface area contributed by atoms with E-state index in [0.717, 1.165) is 63.7 Å². The van der Waals surface area contributed by atoms with Crippen LogP contribution >= 0.6 is 0 Å². The molecule has 0 aromatic carbocycles. The van der Waals surface area contributed by atoms with Crippen molar-refractivity contribution in [3.8, 4) is 0 Å². The van der Waals surface area contributed by atoms with Gasteiger partial charge in [-0.3, -0.25) is 14.4 Å². The minimum Gasteiger partial charge on any atom is -0.462 e. The Morgan fingerprint density at radius 3 is 0.800 bits per heavy atom. The van der Waals surface area contributed by atoms with Gasteiger partial charge < -0.3 is 14.2 Å². The number of esters is 3. The average Bonchev–Trinajstić information content (AvgIpc) is 3.30. The van der Waals surface area contributed by atoms with Gasteiger partial charge in [0.1, 0.15) is 13.2 Å². The molecule has 0 aliphatic carbocycles. The maximum Gasteiger partial charge on any atom is 0.306 e. The summed E-state index contributed by atoms with van der Waals surface area (Å²) in [6.07, 6.45) is 58.0. The lowest BCUT2D eigenvalue weighted by Gasteiger charge is -2.18. The zero-order valence-corrected chi connectivity index (χ0v) is 44.5. The first kappa shape index (κ1) is 63.4. The molecular weight excluding hydrogens is 805 g/mol. The second-order valence-corrected chi connectivity index (χ2v) is 20.5. The van der Waals surface area contributed by atoms with Crippen LogP contribution in [0.4, 0.5) is 0 Å². The topological polar surface area (TPSA) is 78.9 Å². The molecule has 65 heavy (non-hydrogen) atoms. The number of rotatable bonds is 54. The van der Waals surface area contributed by atoms with Crippen molar-refractivity contribution < 1.29 is 28.6 Å². The molecule has 6 heteroatoms. The second-order valence-electron chi connectivity index (χ2n) is 20.5. The van der Waals surface area contributed by atoms with Crippen molar-refractivity contribution in [1.29, 1.82) is 0 Å². The van der Waals surface area contributed by atoms with Crippen molar-refractivity contribution in [2.24, 2.45) is 5.92 Å². The van der Waals surface area contributed by atoms with Crippen LogP contribution in [-0.4, -0.2) is 37.2 Å². The zero-order valence-electron chi connectivity index (χ0n) is 44.5. The Morgan fingerprint density at radius 2 is 0.538 bits per heavy atom. The van der Waals surface area contributed by atoms with Crippen LogP contribution < -0.4 is 0 Å². The molecular formula is C59H114O6. The standard InChI is InChI=1S/C59H114O6/c1-5-8-10-12-14-16-18-20-22-28-32-36-40-44-48-52-59(62)65-56(53-63-57(60)50-46-42-38-34-30-26-21-19-17-15-13-11-9-6-2)54-64-58(61)51-47-43-39-35-31-27-24-23-25-29-33-37-41-45-49-55(4)7-3/h55-56H,5-54H2,1-4H3/t55?,56-/m0/s1. The Labute approximate surface area is 406 Å². The smallest absolute Gasteiger partial charge is 0.306 e. The van der Waals surface area contributed by atoms with Gasteiger partial charge in [0.2, 0.25) is 0 Å². The number of carbonyl (C=O) groups is 3. The summed E-state index contributed by atoms with van der Waals surface area (Å²) in [6, 6.07) is 0. The first-order valence-electron chi connectivity index (χ1n) is 29.4. The highest BCUT2D eigenvalue weighted by Crippen LogP contribution is 2.18. The maximum absolute atomic E-state index is 12.8. The average molecular weight is 920 g/mol. The van der Waals surface area contributed by atoms with Gasteiger partial charge in [0.15, 0.2) is 6.10 Å². The van der Waals surface area contributed by atoms with Crippen LogP contribution in [0.15, 0.2) is 0 Å². The summed E-state index contributed by atoms with van der Waals surface area (Å²) in [5, 5.41) is 0. The summed E-state index contributed by atoms with van der Waals surface area (Å²) in [6.45, 7) is 9.10. The van der Waals surface area contributed by atoms with Gasteiger partial charge in [-0.2, -0.15) is 0 Å². The van der Waals surface area contributed by atoms with E-state index in [4.69, 9.17) is 14.2 Å². The van der Waals surface area contributed by atoms with Gasteiger partial charge in [0.25, 0.3) is 0 Å². The van der Waals surface area contributed by atoms with E-state index in [1.165, 1.54) is 231 Å². The zero-order chi connectivity index (χ0) is 47.4. The van der Waals surface area contributed by atoms with E-state index in [2.05, 4.69) is 27.7 Å². The molecule has 6 nitrogen and oxygen atoms in total. The Balaban J connectivity index is 4.29. The Kier molecular flexibility index (Phi) is 52.1. The fraction of sp³-hybridized carbons (Fsp3) is 0.949. The molecule has 0 aliphatic heterocycles. The summed E-state index contributed by atoms with van der Waals surface area (Å²) < 4.78 is 16.9. The highest BCUT2D eigenvalue weighted by atomic mass is 16.6. The van der Waals surface area contributed by atoms with Crippen LogP contribution in [0.25, 0.3) is 0 Å². The first-order chi connectivity index (χ1) is 31.9. The highest BCUT2D eigenvalue weighted by molar-refractivity contribution is 5.71. The fourth-order valence-electron chi connectivity index (χ4n) is 9.07. The molecule has 0 saturated heterocycles. The third-order valence-corrected chi connectivity index (χ3v) is 13.9. The number of carbonyl (C=O) groups excluding carboxylic acids is 3. The Hall–Kier alpha value is -1.59. The van der Waals surface area contributed by atoms with Crippen molar-refractivity contribution in [1.82, 2.24) is 0 Å². The van der Waals surface area contributed by atoms with E-state index in [-0.39, 0.29) is 31.1 Å². The van der Waals surface area contributed by atoms with E-state index < -0.39 is 6.10 Å². The Bertz CT molecular complexity index is 982. The largest absolute Gasteiger partial charge is 0.462 e. The third-order valence-electron chi connectivity index (χ3n) is 13.9. The molecule has 0 radical (unpaired) electrons. The van der Waals surface area contributed by atoms with E-state index in [9.17, 15) is 14.4 Å². The van der Waals surface area contributed by atoms with Gasteiger partial charge in [0, 0.05) is 19.3 Å². The maximum atomic E-state index is 12.8. The van der Waals surface area contributed by atoms with Crippen LogP contribution in [0.2, 0.25) is 0 Å². The van der Waals surface area contributed by atoms with Crippen LogP contribution in [-0.2, 0) is 28.6 Å². The lowest BCUT2D eigenvalue weighted by atomic mass is 9.99. The number of unbranched alkanes of at least 4 members (excludes halogenated alkanes) is 40. The van der Waals surface area contributed by atoms with Gasteiger partial charge in [-0.15, -0.1) is 0 Å². The quantitative estimate of drug-likeness (QED) is 0.0344. The van der Waals surface area contributed by atoms with Gasteiger partial charge in [0.05, 0.1) is 0 Å². The molecule has 1 unspecified atom stereocenters. The predicted octanol–water partition coefficient (Wildman–Crippen LogP) is 19.4. The molecule has 0 spiro atoms. The third kappa shape index (κ3) is 51.6. The minimum absolute atomic E-state index is 0.0617. The van der Waals surface area contributed by atoms with Crippen LogP contribution in [0.3, 0.4) is 0 Å². The summed E-state index contributed by atoms with van der Waals surface area (Å²) >= 11 is 0. The summed E-state index contributed by atoms with van der Waals surface area (Å²) in [7, 11) is 0. The molecule has 0 aromatic rings. The van der Waals surface area contributed by atoms with Crippen molar-refractivity contribution >= 4 is 17.9 Å². The van der Waals surface area contributed by atoms with Crippen molar-refractivity contribution in [3.63, 3.8) is 0 Å². The molecule has 2 atom stereocenters. The molecule has 386 valence electrons. The van der Waals surface area contributed by atoms with Crippen molar-refractivity contribution in [3.05, 3.63) is 0 Å². The number of hydrogen-bond donors (Lipinski definition) is 0. The minimum atomic E-state index is -0.762. The normalized spacial score (nSPS) is 12.4. The van der Waals surface area contributed by atoms with Gasteiger partial charge in [-0.25, -0.2) is 0 Å². The summed E-state index contributed by atoms with van der Waals surface area (Å²) in [5.74, 6) is 0.0624. The van der Waals surface area contributed by atoms with Crippen molar-refractivity contribution in [2.45, 2.75) is 342 Å². The molecule has 0 saturated carbocycles. The SMILES string of the molecule is CCCCCCCCCCCCCCCCCC(=O)O[C@@H](COC(=O)CCCCCCCCCCCCCCCC)COC(=O)CCCCCCCCCCCCCCCCC(C)CC. The van der Waals surface area contributed by atoms with Crippen LogP contribution in [0.1, 0.15) is 336 Å². The molecule has 0 rings (SSSR count). The molecule has 0 N–H and O–H groups in total. The van der Waals surface area contributed by atoms with E-state index in [1.807, 2.05) is 0 Å². The number of ether oxygens (including phenoxy) is 3. The molecule has 0 amide bonds. The summed E-state index contributed by atoms with van der Waals surface area (Å²) in [4.78, 5) is 38.1. The van der Waals surface area contributed by atoms with Crippen molar-refractivity contribution in [2.75, 3.05) is 13.2 Å². The van der Waals surface area contributed by atoms with Gasteiger partial charge >= 0.3 is 17.9 Å². The number of hydrogen-bond acceptors (Lipinski definition) is 6. The molecule has 0 heterocycles. The van der Waals surface area contributed by atoms with Crippen LogP contribution in [0, 0.1) is 5.92 Å². The molecule has 0 bridgehead atoms. The lowest BCUT2D eigenvalue weighted by Crippen LogP contribution is -2.30. The van der Waals surface area contributed by atoms with Gasteiger partial charge in [-0.1, -0.05) is 297 Å². The molecule has 0 aliphatic rings. The molecule has 0 aromatic heterocycles. The summed E-state index contributed by atoms with van der Waals surface area (Å²) in [5.41, 5.74) is 0. The fourth-order valence-corrected chi connectivity index (χ4v) is 9.07. The monoisotopic (exact) mass is 919 g/mol. The molecule has 0 fully saturated rings. The predicted molar refractivity (Wildman–Crippen MR) is 280 cm³/mol. The van der Waals surface area contributed by atoms with E-state index >= 15 is 0 Å². The first-order valence-corrected chi connectivity index (χ1v) is 29.4. The lowest BCUT2D eigenvalue weighted by molar-refractivity contribution is -0.167. The second kappa shape index (κ2) is 53.4. The highest BCUT2D eigenvalue weighted by Gasteiger charge is 2.19. The van der Waals surface area contributed by atoms with E-state index in [0.29, 0.717) is 19.3 Å². The van der Waals surface area contributed by atoms with E-state index in [1.54, 1.807) is 0 Å². The van der Waals surface area contributed by atoms with Crippen LogP contribution in [0.5, 0.6) is 0 Å².